The van der Waals surface area contributed by atoms with Crippen molar-refractivity contribution in [3.05, 3.63) is 42.0 Å². The number of ether oxygens (including phenoxy) is 2. The van der Waals surface area contributed by atoms with Gasteiger partial charge in [0.15, 0.2) is 0 Å². The van der Waals surface area contributed by atoms with Crippen molar-refractivity contribution >= 4 is 0 Å². The summed E-state index contributed by atoms with van der Waals surface area (Å²) in [5.41, 5.74) is 6.96. The van der Waals surface area contributed by atoms with Gasteiger partial charge in [-0.2, -0.15) is 0 Å². The standard InChI is InChI=1S/C15H21N3O2/c1-4-18-14(11(2)16)9-17-15(18)10-20-13-7-5-6-12(8-13)19-3/h5-9,11H,4,10,16H2,1-3H3. The van der Waals surface area contributed by atoms with Crippen molar-refractivity contribution in [2.24, 2.45) is 5.73 Å². The summed E-state index contributed by atoms with van der Waals surface area (Å²) in [7, 11) is 1.64. The second-order valence-corrected chi connectivity index (χ2v) is 4.60. The zero-order chi connectivity index (χ0) is 14.5. The minimum atomic E-state index is -0.0342. The first-order valence-electron chi connectivity index (χ1n) is 6.72. The number of imidazole rings is 1. The number of nitrogens with two attached hydrogens (primary N) is 1. The van der Waals surface area contributed by atoms with Crippen LogP contribution in [0.5, 0.6) is 11.5 Å². The van der Waals surface area contributed by atoms with Gasteiger partial charge < -0.3 is 19.8 Å². The predicted molar refractivity (Wildman–Crippen MR) is 77.8 cm³/mol. The van der Waals surface area contributed by atoms with Crippen molar-refractivity contribution in [2.45, 2.75) is 33.0 Å². The quantitative estimate of drug-likeness (QED) is 0.880. The first-order valence-corrected chi connectivity index (χ1v) is 6.72. The van der Waals surface area contributed by atoms with E-state index >= 15 is 0 Å². The molecule has 1 atom stereocenters. The van der Waals surface area contributed by atoms with E-state index in [1.807, 2.05) is 37.4 Å². The molecule has 0 saturated carbocycles. The van der Waals surface area contributed by atoms with Gasteiger partial charge in [-0.3, -0.25) is 0 Å². The molecule has 5 nitrogen and oxygen atoms in total. The summed E-state index contributed by atoms with van der Waals surface area (Å²) in [6.07, 6.45) is 1.82. The Balaban J connectivity index is 2.10. The lowest BCUT2D eigenvalue weighted by Gasteiger charge is -2.12. The van der Waals surface area contributed by atoms with Gasteiger partial charge in [0.25, 0.3) is 0 Å². The van der Waals surface area contributed by atoms with Gasteiger partial charge in [-0.1, -0.05) is 6.07 Å². The van der Waals surface area contributed by atoms with E-state index < -0.39 is 0 Å². The maximum atomic E-state index is 5.93. The molecule has 1 heterocycles. The molecule has 1 aromatic carbocycles. The fourth-order valence-electron chi connectivity index (χ4n) is 2.11. The van der Waals surface area contributed by atoms with Crippen LogP contribution in [0.2, 0.25) is 0 Å². The number of nitrogens with zero attached hydrogens (tertiary/aromatic N) is 2. The normalized spacial score (nSPS) is 12.2. The fourth-order valence-corrected chi connectivity index (χ4v) is 2.11. The Morgan fingerprint density at radius 1 is 1.35 bits per heavy atom. The molecule has 1 unspecified atom stereocenters. The third-order valence-electron chi connectivity index (χ3n) is 3.16. The SMILES string of the molecule is CCn1c(C(C)N)cnc1COc1cccc(OC)c1. The Morgan fingerprint density at radius 3 is 2.75 bits per heavy atom. The second-order valence-electron chi connectivity index (χ2n) is 4.60. The first-order chi connectivity index (χ1) is 9.65. The van der Waals surface area contributed by atoms with Crippen LogP contribution in [-0.2, 0) is 13.2 Å². The van der Waals surface area contributed by atoms with Crippen LogP contribution in [0.1, 0.15) is 31.4 Å². The van der Waals surface area contributed by atoms with E-state index in [-0.39, 0.29) is 6.04 Å². The van der Waals surface area contributed by atoms with Crippen LogP contribution in [0.25, 0.3) is 0 Å². The molecule has 0 amide bonds. The Bertz CT molecular complexity index is 564. The largest absolute Gasteiger partial charge is 0.497 e. The summed E-state index contributed by atoms with van der Waals surface area (Å²) >= 11 is 0. The molecule has 20 heavy (non-hydrogen) atoms. The Morgan fingerprint density at radius 2 is 2.10 bits per heavy atom. The van der Waals surface area contributed by atoms with Gasteiger partial charge in [0.05, 0.1) is 19.0 Å². The zero-order valence-electron chi connectivity index (χ0n) is 12.2. The molecule has 0 aliphatic rings. The molecule has 0 saturated heterocycles. The minimum absolute atomic E-state index is 0.0342. The molecule has 2 aromatic rings. The zero-order valence-corrected chi connectivity index (χ0v) is 12.2. The Hall–Kier alpha value is -2.01. The fraction of sp³-hybridized carbons (Fsp3) is 0.400. The van der Waals surface area contributed by atoms with Gasteiger partial charge in [-0.05, 0) is 26.0 Å². The molecule has 0 aliphatic heterocycles. The third-order valence-corrected chi connectivity index (χ3v) is 3.16. The summed E-state index contributed by atoms with van der Waals surface area (Å²) in [5.74, 6) is 2.41. The minimum Gasteiger partial charge on any atom is -0.497 e. The van der Waals surface area contributed by atoms with Gasteiger partial charge in [-0.25, -0.2) is 4.98 Å². The molecule has 0 aliphatic carbocycles. The highest BCUT2D eigenvalue weighted by Gasteiger charge is 2.12. The van der Waals surface area contributed by atoms with Gasteiger partial charge >= 0.3 is 0 Å². The van der Waals surface area contributed by atoms with Crippen LogP contribution >= 0.6 is 0 Å². The lowest BCUT2D eigenvalue weighted by Crippen LogP contribution is -2.14. The highest BCUT2D eigenvalue weighted by atomic mass is 16.5. The molecular formula is C15H21N3O2. The van der Waals surface area contributed by atoms with Gasteiger partial charge in [0, 0.05) is 18.7 Å². The monoisotopic (exact) mass is 275 g/mol. The summed E-state index contributed by atoms with van der Waals surface area (Å²) in [6.45, 7) is 5.26. The van der Waals surface area contributed by atoms with E-state index in [0.29, 0.717) is 6.61 Å². The molecule has 0 bridgehead atoms. The molecule has 0 fully saturated rings. The van der Waals surface area contributed by atoms with Crippen LogP contribution in [0.4, 0.5) is 0 Å². The highest BCUT2D eigenvalue weighted by molar-refractivity contribution is 5.32. The lowest BCUT2D eigenvalue weighted by atomic mass is 10.3. The van der Waals surface area contributed by atoms with E-state index in [4.69, 9.17) is 15.2 Å². The highest BCUT2D eigenvalue weighted by Crippen LogP contribution is 2.20. The van der Waals surface area contributed by atoms with Crippen molar-refractivity contribution in [1.29, 1.82) is 0 Å². The van der Waals surface area contributed by atoms with Gasteiger partial charge in [0.1, 0.15) is 23.9 Å². The summed E-state index contributed by atoms with van der Waals surface area (Å²) in [4.78, 5) is 4.39. The number of methoxy groups -OCH3 is 1. The van der Waals surface area contributed by atoms with Crippen LogP contribution in [0.3, 0.4) is 0 Å². The van der Waals surface area contributed by atoms with Crippen LogP contribution < -0.4 is 15.2 Å². The third kappa shape index (κ3) is 3.11. The number of aromatic nitrogens is 2. The van der Waals surface area contributed by atoms with E-state index in [9.17, 15) is 0 Å². The molecule has 0 radical (unpaired) electrons. The summed E-state index contributed by atoms with van der Waals surface area (Å²) < 4.78 is 13.0. The molecule has 108 valence electrons. The van der Waals surface area contributed by atoms with Crippen molar-refractivity contribution in [3.8, 4) is 11.5 Å². The molecule has 1 aromatic heterocycles. The van der Waals surface area contributed by atoms with Crippen molar-refractivity contribution in [2.75, 3.05) is 7.11 Å². The smallest absolute Gasteiger partial charge is 0.147 e. The summed E-state index contributed by atoms with van der Waals surface area (Å²) in [6, 6.07) is 7.50. The van der Waals surface area contributed by atoms with E-state index in [1.165, 1.54) is 0 Å². The molecule has 0 spiro atoms. The maximum Gasteiger partial charge on any atom is 0.147 e. The number of hydrogen-bond donors (Lipinski definition) is 1. The van der Waals surface area contributed by atoms with E-state index in [1.54, 1.807) is 7.11 Å². The molecular weight excluding hydrogens is 254 g/mol. The average molecular weight is 275 g/mol. The molecule has 2 N–H and O–H groups in total. The Labute approximate surface area is 119 Å². The second kappa shape index (κ2) is 6.43. The van der Waals surface area contributed by atoms with E-state index in [2.05, 4.69) is 16.5 Å². The first kappa shape index (κ1) is 14.4. The number of rotatable bonds is 6. The molecule has 5 heteroatoms. The lowest BCUT2D eigenvalue weighted by molar-refractivity contribution is 0.287. The maximum absolute atomic E-state index is 5.93. The predicted octanol–water partition coefficient (Wildman–Crippen LogP) is 2.51. The number of hydrogen-bond acceptors (Lipinski definition) is 4. The van der Waals surface area contributed by atoms with Gasteiger partial charge in [0.2, 0.25) is 0 Å². The van der Waals surface area contributed by atoms with Crippen LogP contribution in [-0.4, -0.2) is 16.7 Å². The number of benzene rings is 1. The van der Waals surface area contributed by atoms with Crippen molar-refractivity contribution in [3.63, 3.8) is 0 Å². The van der Waals surface area contributed by atoms with E-state index in [0.717, 1.165) is 29.6 Å². The van der Waals surface area contributed by atoms with Crippen LogP contribution in [0, 0.1) is 0 Å². The summed E-state index contributed by atoms with van der Waals surface area (Å²) in [5, 5.41) is 0. The van der Waals surface area contributed by atoms with Crippen LogP contribution in [0.15, 0.2) is 30.5 Å². The average Bonchev–Trinajstić information content (AvgIpc) is 2.88. The van der Waals surface area contributed by atoms with Gasteiger partial charge in [-0.15, -0.1) is 0 Å². The van der Waals surface area contributed by atoms with Crippen molar-refractivity contribution in [1.82, 2.24) is 9.55 Å². The topological polar surface area (TPSA) is 62.3 Å². The van der Waals surface area contributed by atoms with Crippen molar-refractivity contribution < 1.29 is 9.47 Å². The Kier molecular flexibility index (Phi) is 4.63. The molecule has 2 rings (SSSR count).